The maximum absolute atomic E-state index is 11.9. The van der Waals surface area contributed by atoms with Gasteiger partial charge in [0.1, 0.15) is 4.21 Å². The SMILES string of the molecule is C=CCCOCCNS(=O)(=O)c1ccc(CC(=O)O)s1. The van der Waals surface area contributed by atoms with Crippen molar-refractivity contribution < 1.29 is 23.1 Å². The molecule has 1 heterocycles. The van der Waals surface area contributed by atoms with Crippen LogP contribution in [0.2, 0.25) is 0 Å². The first-order valence-corrected chi connectivity index (χ1v) is 8.24. The van der Waals surface area contributed by atoms with Crippen LogP contribution in [0.5, 0.6) is 0 Å². The van der Waals surface area contributed by atoms with E-state index in [4.69, 9.17) is 9.84 Å². The van der Waals surface area contributed by atoms with E-state index in [1.54, 1.807) is 6.08 Å². The fourth-order valence-electron chi connectivity index (χ4n) is 1.33. The van der Waals surface area contributed by atoms with Crippen molar-refractivity contribution in [2.24, 2.45) is 0 Å². The molecule has 112 valence electrons. The van der Waals surface area contributed by atoms with Gasteiger partial charge in [-0.2, -0.15) is 0 Å². The first-order valence-electron chi connectivity index (χ1n) is 5.94. The second kappa shape index (κ2) is 8.15. The molecule has 8 heteroatoms. The lowest BCUT2D eigenvalue weighted by molar-refractivity contribution is -0.136. The minimum Gasteiger partial charge on any atom is -0.481 e. The molecule has 0 saturated heterocycles. The van der Waals surface area contributed by atoms with Gasteiger partial charge in [0, 0.05) is 11.4 Å². The molecule has 0 saturated carbocycles. The van der Waals surface area contributed by atoms with Crippen LogP contribution in [0.25, 0.3) is 0 Å². The predicted octanol–water partition coefficient (Wildman–Crippen LogP) is 1.25. The molecule has 0 aliphatic carbocycles. The lowest BCUT2D eigenvalue weighted by Crippen LogP contribution is -2.26. The van der Waals surface area contributed by atoms with Gasteiger partial charge in [-0.25, -0.2) is 13.1 Å². The van der Waals surface area contributed by atoms with Gasteiger partial charge in [0.2, 0.25) is 10.0 Å². The molecule has 20 heavy (non-hydrogen) atoms. The van der Waals surface area contributed by atoms with Crippen LogP contribution >= 0.6 is 11.3 Å². The number of thiophene rings is 1. The number of hydrogen-bond acceptors (Lipinski definition) is 5. The van der Waals surface area contributed by atoms with Gasteiger partial charge < -0.3 is 9.84 Å². The Hall–Kier alpha value is -1.22. The van der Waals surface area contributed by atoms with Crippen LogP contribution in [0.1, 0.15) is 11.3 Å². The lowest BCUT2D eigenvalue weighted by atomic mass is 10.3. The first kappa shape index (κ1) is 16.8. The zero-order chi connectivity index (χ0) is 15.0. The zero-order valence-electron chi connectivity index (χ0n) is 10.9. The van der Waals surface area contributed by atoms with Crippen LogP contribution in [-0.2, 0) is 26.0 Å². The molecule has 1 aromatic rings. The van der Waals surface area contributed by atoms with E-state index in [0.717, 1.165) is 17.8 Å². The van der Waals surface area contributed by atoms with Crippen LogP contribution in [0.4, 0.5) is 0 Å². The van der Waals surface area contributed by atoms with Crippen molar-refractivity contribution in [1.29, 1.82) is 0 Å². The molecule has 0 aliphatic rings. The van der Waals surface area contributed by atoms with E-state index < -0.39 is 16.0 Å². The van der Waals surface area contributed by atoms with Gasteiger partial charge in [0.25, 0.3) is 0 Å². The average Bonchev–Trinajstić information content (AvgIpc) is 2.82. The molecular formula is C12H17NO5S2. The predicted molar refractivity (Wildman–Crippen MR) is 76.5 cm³/mol. The number of carbonyl (C=O) groups is 1. The highest BCUT2D eigenvalue weighted by Crippen LogP contribution is 2.21. The highest BCUT2D eigenvalue weighted by molar-refractivity contribution is 7.91. The molecular weight excluding hydrogens is 302 g/mol. The lowest BCUT2D eigenvalue weighted by Gasteiger charge is -2.05. The van der Waals surface area contributed by atoms with Gasteiger partial charge >= 0.3 is 5.97 Å². The van der Waals surface area contributed by atoms with E-state index in [1.165, 1.54) is 12.1 Å². The zero-order valence-corrected chi connectivity index (χ0v) is 12.5. The van der Waals surface area contributed by atoms with Crippen molar-refractivity contribution in [3.63, 3.8) is 0 Å². The Kier molecular flexibility index (Phi) is 6.86. The topological polar surface area (TPSA) is 92.7 Å². The Bertz CT molecular complexity index is 550. The smallest absolute Gasteiger partial charge is 0.308 e. The van der Waals surface area contributed by atoms with E-state index in [9.17, 15) is 13.2 Å². The van der Waals surface area contributed by atoms with Crippen molar-refractivity contribution in [2.75, 3.05) is 19.8 Å². The highest BCUT2D eigenvalue weighted by atomic mass is 32.2. The van der Waals surface area contributed by atoms with Crippen LogP contribution < -0.4 is 4.72 Å². The molecule has 2 N–H and O–H groups in total. The largest absolute Gasteiger partial charge is 0.481 e. The third kappa shape index (κ3) is 5.83. The monoisotopic (exact) mass is 319 g/mol. The van der Waals surface area contributed by atoms with Gasteiger partial charge in [-0.15, -0.1) is 17.9 Å². The Balaban J connectivity index is 2.45. The van der Waals surface area contributed by atoms with Gasteiger partial charge in [0.05, 0.1) is 19.6 Å². The number of hydrogen-bond donors (Lipinski definition) is 2. The average molecular weight is 319 g/mol. The molecule has 1 rings (SSSR count). The third-order valence-electron chi connectivity index (χ3n) is 2.23. The van der Waals surface area contributed by atoms with E-state index in [2.05, 4.69) is 11.3 Å². The molecule has 0 bridgehead atoms. The number of aliphatic carboxylic acids is 1. The first-order chi connectivity index (χ1) is 9.45. The molecule has 6 nitrogen and oxygen atoms in total. The maximum Gasteiger partial charge on any atom is 0.308 e. The van der Waals surface area contributed by atoms with Gasteiger partial charge in [-0.3, -0.25) is 4.79 Å². The summed E-state index contributed by atoms with van der Waals surface area (Å²) in [6.07, 6.45) is 2.26. The fourth-order valence-corrected chi connectivity index (χ4v) is 3.74. The maximum atomic E-state index is 11.9. The Morgan fingerprint density at radius 2 is 2.20 bits per heavy atom. The number of carboxylic acid groups (broad SMARTS) is 1. The summed E-state index contributed by atoms with van der Waals surface area (Å²) < 4.78 is 31.5. The number of rotatable bonds is 10. The number of carboxylic acids is 1. The van der Waals surface area contributed by atoms with Crippen LogP contribution in [0.15, 0.2) is 29.0 Å². The summed E-state index contributed by atoms with van der Waals surface area (Å²) in [6, 6.07) is 2.91. The van der Waals surface area contributed by atoms with Crippen LogP contribution in [0.3, 0.4) is 0 Å². The van der Waals surface area contributed by atoms with E-state index in [0.29, 0.717) is 11.5 Å². The summed E-state index contributed by atoms with van der Waals surface area (Å²) in [4.78, 5) is 11.0. The van der Waals surface area contributed by atoms with Crippen molar-refractivity contribution in [3.05, 3.63) is 29.7 Å². The Morgan fingerprint density at radius 3 is 2.85 bits per heavy atom. The fraction of sp³-hybridized carbons (Fsp3) is 0.417. The van der Waals surface area contributed by atoms with Crippen LogP contribution in [0, 0.1) is 0 Å². The summed E-state index contributed by atoms with van der Waals surface area (Å²) in [5.41, 5.74) is 0. The molecule has 0 fully saturated rings. The van der Waals surface area contributed by atoms with E-state index in [-0.39, 0.29) is 23.8 Å². The number of ether oxygens (including phenoxy) is 1. The van der Waals surface area contributed by atoms with Crippen molar-refractivity contribution in [1.82, 2.24) is 4.72 Å². The van der Waals surface area contributed by atoms with Crippen molar-refractivity contribution in [3.8, 4) is 0 Å². The standard InChI is InChI=1S/C12H17NO5S2/c1-2-3-7-18-8-6-13-20(16,17)12-5-4-10(19-12)9-11(14)15/h2,4-5,13H,1,3,6-9H2,(H,14,15). The van der Waals surface area contributed by atoms with E-state index >= 15 is 0 Å². The minimum absolute atomic E-state index is 0.111. The second-order valence-corrected chi connectivity index (χ2v) is 7.04. The molecule has 0 aromatic carbocycles. The summed E-state index contributed by atoms with van der Waals surface area (Å²) in [7, 11) is -3.59. The third-order valence-corrected chi connectivity index (χ3v) is 5.27. The summed E-state index contributed by atoms with van der Waals surface area (Å²) >= 11 is 0.955. The van der Waals surface area contributed by atoms with Crippen molar-refractivity contribution >= 4 is 27.3 Å². The molecule has 0 spiro atoms. The highest BCUT2D eigenvalue weighted by Gasteiger charge is 2.16. The Morgan fingerprint density at radius 1 is 1.45 bits per heavy atom. The van der Waals surface area contributed by atoms with Crippen LogP contribution in [-0.4, -0.2) is 39.3 Å². The molecule has 0 amide bonds. The number of nitrogens with one attached hydrogen (secondary N) is 1. The second-order valence-electron chi connectivity index (χ2n) is 3.88. The molecule has 0 radical (unpaired) electrons. The normalized spacial score (nSPS) is 11.4. The quantitative estimate of drug-likeness (QED) is 0.500. The van der Waals surface area contributed by atoms with Gasteiger partial charge in [-0.1, -0.05) is 6.08 Å². The Labute approximate surface area is 122 Å². The molecule has 1 aromatic heterocycles. The summed E-state index contributed by atoms with van der Waals surface area (Å²) in [6.45, 7) is 4.51. The van der Waals surface area contributed by atoms with Gasteiger partial charge in [-0.05, 0) is 18.6 Å². The molecule has 0 aliphatic heterocycles. The summed E-state index contributed by atoms with van der Waals surface area (Å²) in [5, 5.41) is 8.64. The number of sulfonamides is 1. The molecule has 0 unspecified atom stereocenters. The summed E-state index contributed by atoms with van der Waals surface area (Å²) in [5.74, 6) is -0.987. The molecule has 0 atom stereocenters. The minimum atomic E-state index is -3.59. The van der Waals surface area contributed by atoms with Gasteiger partial charge in [0.15, 0.2) is 0 Å². The van der Waals surface area contributed by atoms with Crippen molar-refractivity contribution in [2.45, 2.75) is 17.1 Å². The van der Waals surface area contributed by atoms with E-state index in [1.807, 2.05) is 0 Å².